The molecule has 0 unspecified atom stereocenters. The molecule has 0 saturated heterocycles. The Kier molecular flexibility index (Phi) is 2.51. The van der Waals surface area contributed by atoms with E-state index < -0.39 is 0 Å². The van der Waals surface area contributed by atoms with Crippen molar-refractivity contribution in [2.75, 3.05) is 0 Å². The van der Waals surface area contributed by atoms with Gasteiger partial charge in [0, 0.05) is 0 Å². The zero-order valence-electron chi connectivity index (χ0n) is 5.01. The summed E-state index contributed by atoms with van der Waals surface area (Å²) in [6.07, 6.45) is 0. The van der Waals surface area contributed by atoms with E-state index in [2.05, 4.69) is 20.9 Å². The van der Waals surface area contributed by atoms with Crippen molar-refractivity contribution < 1.29 is 5.11 Å². The minimum absolute atomic E-state index is 0.133. The van der Waals surface area contributed by atoms with E-state index in [0.29, 0.717) is 10.5 Å². The van der Waals surface area contributed by atoms with Crippen LogP contribution in [0, 0.1) is 0 Å². The van der Waals surface area contributed by atoms with Gasteiger partial charge in [0.15, 0.2) is 0 Å². The molecule has 4 heteroatoms. The zero-order valence-corrected chi connectivity index (χ0v) is 7.35. The highest BCUT2D eigenvalue weighted by Gasteiger charge is 1.98. The largest absolute Gasteiger partial charge is 0.505 e. The van der Waals surface area contributed by atoms with E-state index in [1.165, 1.54) is 0 Å². The molecule has 0 aliphatic carbocycles. The lowest BCUT2D eigenvalue weighted by molar-refractivity contribution is 0.468. The smallest absolute Gasteiger partial charge is 0.148 e. The Labute approximate surface area is 72.0 Å². The molecule has 54 valence electrons. The third-order valence-corrected chi connectivity index (χ3v) is 1.88. The number of hydrogen-bond acceptors (Lipinski definition) is 2. The van der Waals surface area contributed by atoms with Crippen LogP contribution < -0.4 is 0 Å². The van der Waals surface area contributed by atoms with Crippen LogP contribution in [0.3, 0.4) is 0 Å². The molecule has 0 fully saturated rings. The molecule has 0 bridgehead atoms. The molecule has 0 radical (unpaired) electrons. The topological polar surface area (TPSA) is 33.1 Å². The summed E-state index contributed by atoms with van der Waals surface area (Å²) in [7, 11) is 0. The number of alkyl halides is 1. The summed E-state index contributed by atoms with van der Waals surface area (Å²) in [5, 5.41) is 8.99. The molecule has 2 nitrogen and oxygen atoms in total. The average molecular weight is 222 g/mol. The minimum Gasteiger partial charge on any atom is -0.505 e. The maximum absolute atomic E-state index is 8.99. The standard InChI is InChI=1S/C6H5BrClNO/c7-6-5(10)2-1-4(3-8)9-6/h1-2,10H,3H2. The lowest BCUT2D eigenvalue weighted by Crippen LogP contribution is -1.84. The highest BCUT2D eigenvalue weighted by atomic mass is 79.9. The van der Waals surface area contributed by atoms with Gasteiger partial charge in [0.2, 0.25) is 0 Å². The van der Waals surface area contributed by atoms with Crippen molar-refractivity contribution >= 4 is 27.5 Å². The Hall–Kier alpha value is -0.280. The van der Waals surface area contributed by atoms with E-state index >= 15 is 0 Å². The van der Waals surface area contributed by atoms with Crippen molar-refractivity contribution in [3.8, 4) is 5.75 Å². The lowest BCUT2D eigenvalue weighted by Gasteiger charge is -1.96. The van der Waals surface area contributed by atoms with Crippen molar-refractivity contribution in [2.24, 2.45) is 0 Å². The fraction of sp³-hybridized carbons (Fsp3) is 0.167. The van der Waals surface area contributed by atoms with Crippen LogP contribution in [0.5, 0.6) is 5.75 Å². The van der Waals surface area contributed by atoms with E-state index in [4.69, 9.17) is 16.7 Å². The predicted octanol–water partition coefficient (Wildman–Crippen LogP) is 2.29. The van der Waals surface area contributed by atoms with Crippen LogP contribution in [0.15, 0.2) is 16.7 Å². The first-order valence-corrected chi connectivity index (χ1v) is 3.97. The van der Waals surface area contributed by atoms with Crippen LogP contribution in [0.2, 0.25) is 0 Å². The number of nitrogens with zero attached hydrogens (tertiary/aromatic N) is 1. The first kappa shape index (κ1) is 7.82. The van der Waals surface area contributed by atoms with Crippen molar-refractivity contribution in [2.45, 2.75) is 5.88 Å². The second-order valence-electron chi connectivity index (χ2n) is 1.75. The monoisotopic (exact) mass is 221 g/mol. The summed E-state index contributed by atoms with van der Waals surface area (Å²) in [5.74, 6) is 0.493. The van der Waals surface area contributed by atoms with Gasteiger partial charge in [-0.15, -0.1) is 11.6 Å². The molecule has 0 aliphatic heterocycles. The van der Waals surface area contributed by atoms with Crippen LogP contribution in [0.1, 0.15) is 5.69 Å². The maximum atomic E-state index is 8.99. The molecule has 0 amide bonds. The Morgan fingerprint density at radius 1 is 1.60 bits per heavy atom. The van der Waals surface area contributed by atoms with Crippen molar-refractivity contribution in [1.29, 1.82) is 0 Å². The highest BCUT2D eigenvalue weighted by molar-refractivity contribution is 9.10. The van der Waals surface area contributed by atoms with Gasteiger partial charge < -0.3 is 5.11 Å². The molecule has 1 N–H and O–H groups in total. The van der Waals surface area contributed by atoms with Gasteiger partial charge in [-0.1, -0.05) is 0 Å². The average Bonchev–Trinajstić information content (AvgIpc) is 1.95. The second-order valence-corrected chi connectivity index (χ2v) is 2.76. The van der Waals surface area contributed by atoms with Crippen LogP contribution in [0.4, 0.5) is 0 Å². The van der Waals surface area contributed by atoms with E-state index in [1.54, 1.807) is 12.1 Å². The lowest BCUT2D eigenvalue weighted by atomic mass is 10.4. The summed E-state index contributed by atoms with van der Waals surface area (Å²) >= 11 is 8.55. The van der Waals surface area contributed by atoms with Crippen molar-refractivity contribution in [3.63, 3.8) is 0 Å². The van der Waals surface area contributed by atoms with Crippen molar-refractivity contribution in [1.82, 2.24) is 4.98 Å². The van der Waals surface area contributed by atoms with E-state index in [0.717, 1.165) is 5.69 Å². The van der Waals surface area contributed by atoms with Crippen LogP contribution in [-0.4, -0.2) is 10.1 Å². The first-order chi connectivity index (χ1) is 4.74. The highest BCUT2D eigenvalue weighted by Crippen LogP contribution is 2.20. The summed E-state index contributed by atoms with van der Waals surface area (Å²) < 4.78 is 0.436. The maximum Gasteiger partial charge on any atom is 0.148 e. The number of halogens is 2. The number of rotatable bonds is 1. The molecule has 0 spiro atoms. The second kappa shape index (κ2) is 3.21. The first-order valence-electron chi connectivity index (χ1n) is 2.64. The van der Waals surface area contributed by atoms with Crippen molar-refractivity contribution in [3.05, 3.63) is 22.4 Å². The normalized spacial score (nSPS) is 9.80. The van der Waals surface area contributed by atoms with Gasteiger partial charge in [-0.3, -0.25) is 0 Å². The predicted molar refractivity (Wildman–Crippen MR) is 43.2 cm³/mol. The quantitative estimate of drug-likeness (QED) is 0.584. The fourth-order valence-corrected chi connectivity index (χ4v) is 1.05. The molecule has 10 heavy (non-hydrogen) atoms. The molecular formula is C6H5BrClNO. The molecule has 1 heterocycles. The fourth-order valence-electron chi connectivity index (χ4n) is 0.539. The summed E-state index contributed by atoms with van der Waals surface area (Å²) in [6, 6.07) is 3.22. The zero-order chi connectivity index (χ0) is 7.56. The Morgan fingerprint density at radius 2 is 2.30 bits per heavy atom. The number of aromatic nitrogens is 1. The van der Waals surface area contributed by atoms with Crippen LogP contribution >= 0.6 is 27.5 Å². The van der Waals surface area contributed by atoms with Crippen LogP contribution in [0.25, 0.3) is 0 Å². The SMILES string of the molecule is Oc1ccc(CCl)nc1Br. The van der Waals surface area contributed by atoms with Gasteiger partial charge in [-0.25, -0.2) is 4.98 Å². The Morgan fingerprint density at radius 3 is 2.80 bits per heavy atom. The third kappa shape index (κ3) is 1.61. The van der Waals surface area contributed by atoms with Crippen LogP contribution in [-0.2, 0) is 5.88 Å². The summed E-state index contributed by atoms with van der Waals surface area (Å²) in [5.41, 5.74) is 0.742. The van der Waals surface area contributed by atoms with Gasteiger partial charge in [0.1, 0.15) is 10.4 Å². The summed E-state index contributed by atoms with van der Waals surface area (Å²) in [6.45, 7) is 0. The Bertz CT molecular complexity index is 241. The van der Waals surface area contributed by atoms with Gasteiger partial charge in [-0.2, -0.15) is 0 Å². The Balaban J connectivity index is 3.04. The van der Waals surface area contributed by atoms with Gasteiger partial charge in [-0.05, 0) is 28.1 Å². The number of aromatic hydroxyl groups is 1. The van der Waals surface area contributed by atoms with Gasteiger partial charge in [0.05, 0.1) is 11.6 Å². The van der Waals surface area contributed by atoms with E-state index in [1.807, 2.05) is 0 Å². The molecular weight excluding hydrogens is 217 g/mol. The molecule has 1 aromatic heterocycles. The molecule has 0 aromatic carbocycles. The van der Waals surface area contributed by atoms with E-state index in [-0.39, 0.29) is 5.75 Å². The number of pyridine rings is 1. The molecule has 0 saturated carbocycles. The minimum atomic E-state index is 0.133. The molecule has 1 aromatic rings. The van der Waals surface area contributed by atoms with Gasteiger partial charge in [0.25, 0.3) is 0 Å². The molecule has 0 aliphatic rings. The molecule has 1 rings (SSSR count). The van der Waals surface area contributed by atoms with Gasteiger partial charge >= 0.3 is 0 Å². The summed E-state index contributed by atoms with van der Waals surface area (Å²) in [4.78, 5) is 3.93. The number of hydrogen-bond donors (Lipinski definition) is 1. The third-order valence-electron chi connectivity index (χ3n) is 1.02. The molecule has 0 atom stereocenters. The van der Waals surface area contributed by atoms with E-state index in [9.17, 15) is 0 Å².